The maximum atomic E-state index is 12.3. The number of hydrogen-bond acceptors (Lipinski definition) is 4. The summed E-state index contributed by atoms with van der Waals surface area (Å²) in [6.45, 7) is 3.14. The van der Waals surface area contributed by atoms with Gasteiger partial charge in [0.2, 0.25) is 0 Å². The van der Waals surface area contributed by atoms with Gasteiger partial charge in [0.1, 0.15) is 5.75 Å². The summed E-state index contributed by atoms with van der Waals surface area (Å²) >= 11 is 5.80. The molecule has 0 aliphatic rings. The number of halogens is 1. The van der Waals surface area contributed by atoms with Gasteiger partial charge in [0.25, 0.3) is 5.91 Å². The predicted molar refractivity (Wildman–Crippen MR) is 94.3 cm³/mol. The van der Waals surface area contributed by atoms with Crippen molar-refractivity contribution in [3.63, 3.8) is 0 Å². The number of carbonyl (C=O) groups is 1. The van der Waals surface area contributed by atoms with E-state index in [1.165, 1.54) is 6.07 Å². The fourth-order valence-electron chi connectivity index (χ4n) is 2.00. The topological polar surface area (TPSA) is 72.5 Å². The second-order valence-corrected chi connectivity index (χ2v) is 7.79. The highest BCUT2D eigenvalue weighted by Crippen LogP contribution is 2.23. The molecule has 0 saturated carbocycles. The van der Waals surface area contributed by atoms with E-state index in [2.05, 4.69) is 5.32 Å². The summed E-state index contributed by atoms with van der Waals surface area (Å²) in [5, 5.41) is 3.18. The van der Waals surface area contributed by atoms with Gasteiger partial charge >= 0.3 is 0 Å². The molecule has 0 aliphatic heterocycles. The summed E-state index contributed by atoms with van der Waals surface area (Å²) in [4.78, 5) is 12.4. The lowest BCUT2D eigenvalue weighted by molar-refractivity contribution is -0.122. The molecule has 0 bridgehead atoms. The first-order valence-corrected chi connectivity index (χ1v) is 9.41. The van der Waals surface area contributed by atoms with Gasteiger partial charge in [0.05, 0.1) is 16.3 Å². The van der Waals surface area contributed by atoms with Gasteiger partial charge in [0, 0.05) is 5.02 Å². The minimum absolute atomic E-state index is 0.0449. The molecule has 0 spiro atoms. The van der Waals surface area contributed by atoms with Crippen molar-refractivity contribution in [2.45, 2.75) is 24.8 Å². The fourth-order valence-corrected chi connectivity index (χ4v) is 3.18. The van der Waals surface area contributed by atoms with Crippen molar-refractivity contribution < 1.29 is 17.9 Å². The molecule has 2 aromatic rings. The zero-order valence-electron chi connectivity index (χ0n) is 13.3. The molecule has 24 heavy (non-hydrogen) atoms. The third-order valence-electron chi connectivity index (χ3n) is 3.36. The summed E-state index contributed by atoms with van der Waals surface area (Å²) in [5.74, 6) is 0.0108. The minimum atomic E-state index is -3.43. The van der Waals surface area contributed by atoms with E-state index in [4.69, 9.17) is 16.3 Å². The molecule has 1 atom stereocenters. The summed E-state index contributed by atoms with van der Waals surface area (Å²) in [6, 6.07) is 12.9. The van der Waals surface area contributed by atoms with Crippen LogP contribution in [0.4, 0.5) is 5.69 Å². The van der Waals surface area contributed by atoms with Crippen LogP contribution in [-0.4, -0.2) is 26.2 Å². The second-order valence-electron chi connectivity index (χ2n) is 5.10. The highest BCUT2D eigenvalue weighted by molar-refractivity contribution is 7.91. The Morgan fingerprint density at radius 3 is 2.42 bits per heavy atom. The highest BCUT2D eigenvalue weighted by atomic mass is 35.5. The Morgan fingerprint density at radius 2 is 1.79 bits per heavy atom. The van der Waals surface area contributed by atoms with Crippen LogP contribution in [0.15, 0.2) is 53.4 Å². The summed E-state index contributed by atoms with van der Waals surface area (Å²) in [7, 11) is -3.43. The van der Waals surface area contributed by atoms with E-state index >= 15 is 0 Å². The average Bonchev–Trinajstić information content (AvgIpc) is 2.57. The molecule has 0 aromatic heterocycles. The minimum Gasteiger partial charge on any atom is -0.481 e. The van der Waals surface area contributed by atoms with Crippen molar-refractivity contribution >= 4 is 33.0 Å². The average molecular weight is 368 g/mol. The van der Waals surface area contributed by atoms with Crippen molar-refractivity contribution in [2.75, 3.05) is 11.1 Å². The number of nitrogens with one attached hydrogen (secondary N) is 1. The van der Waals surface area contributed by atoms with Crippen LogP contribution in [0.2, 0.25) is 5.02 Å². The Bertz CT molecular complexity index is 819. The van der Waals surface area contributed by atoms with Crippen molar-refractivity contribution in [1.29, 1.82) is 0 Å². The van der Waals surface area contributed by atoms with E-state index in [-0.39, 0.29) is 16.3 Å². The third kappa shape index (κ3) is 4.49. The molecule has 0 saturated heterocycles. The van der Waals surface area contributed by atoms with Crippen LogP contribution in [0.25, 0.3) is 0 Å². The van der Waals surface area contributed by atoms with Crippen LogP contribution >= 0.6 is 11.6 Å². The molecular weight excluding hydrogens is 350 g/mol. The van der Waals surface area contributed by atoms with Crippen LogP contribution < -0.4 is 10.1 Å². The Kier molecular flexibility index (Phi) is 5.85. The number of sulfone groups is 1. The molecular formula is C17H18ClNO4S. The molecule has 1 unspecified atom stereocenters. The zero-order valence-corrected chi connectivity index (χ0v) is 14.9. The molecule has 1 N–H and O–H groups in total. The van der Waals surface area contributed by atoms with E-state index in [0.717, 1.165) is 0 Å². The molecule has 128 valence electrons. The van der Waals surface area contributed by atoms with Crippen molar-refractivity contribution in [3.05, 3.63) is 53.6 Å². The molecule has 0 aliphatic carbocycles. The maximum Gasteiger partial charge on any atom is 0.265 e. The van der Waals surface area contributed by atoms with Crippen molar-refractivity contribution in [1.82, 2.24) is 0 Å². The lowest BCUT2D eigenvalue weighted by Crippen LogP contribution is -2.30. The second kappa shape index (κ2) is 7.68. The van der Waals surface area contributed by atoms with E-state index < -0.39 is 21.8 Å². The molecule has 1 amide bonds. The molecule has 5 nitrogen and oxygen atoms in total. The first kappa shape index (κ1) is 18.3. The number of anilines is 1. The van der Waals surface area contributed by atoms with Crippen LogP contribution in [0.5, 0.6) is 5.75 Å². The third-order valence-corrected chi connectivity index (χ3v) is 5.39. The van der Waals surface area contributed by atoms with Gasteiger partial charge < -0.3 is 10.1 Å². The monoisotopic (exact) mass is 367 g/mol. The number of amides is 1. The Hall–Kier alpha value is -2.05. The molecule has 7 heteroatoms. The Labute approximate surface area is 146 Å². The predicted octanol–water partition coefficient (Wildman–Crippen LogP) is 3.54. The Morgan fingerprint density at radius 1 is 1.17 bits per heavy atom. The normalized spacial score (nSPS) is 12.5. The number of ether oxygens (including phenoxy) is 1. The van der Waals surface area contributed by atoms with Crippen LogP contribution in [-0.2, 0) is 14.6 Å². The largest absolute Gasteiger partial charge is 0.481 e. The van der Waals surface area contributed by atoms with Crippen LogP contribution in [0, 0.1) is 0 Å². The van der Waals surface area contributed by atoms with Gasteiger partial charge in [-0.25, -0.2) is 8.42 Å². The van der Waals surface area contributed by atoms with Gasteiger partial charge in [0.15, 0.2) is 15.9 Å². The van der Waals surface area contributed by atoms with Crippen LogP contribution in [0.1, 0.15) is 13.8 Å². The molecule has 2 rings (SSSR count). The summed E-state index contributed by atoms with van der Waals surface area (Å²) in [6.07, 6.45) is -0.802. The fraction of sp³-hybridized carbons (Fsp3) is 0.235. The maximum absolute atomic E-state index is 12.3. The summed E-state index contributed by atoms with van der Waals surface area (Å²) < 4.78 is 29.7. The Balaban J connectivity index is 2.13. The number of carbonyl (C=O) groups excluding carboxylic acids is 1. The molecule has 0 heterocycles. The van der Waals surface area contributed by atoms with Crippen molar-refractivity contribution in [3.8, 4) is 5.75 Å². The number of hydrogen-bond donors (Lipinski definition) is 1. The standard InChI is InChI=1S/C17H18ClNO4S/c1-3-24(21,22)16-7-5-4-6-15(16)19-17(20)12(2)23-14-10-8-13(18)9-11-14/h4-12H,3H2,1-2H3,(H,19,20). The lowest BCUT2D eigenvalue weighted by Gasteiger charge is -2.16. The number of benzene rings is 2. The molecule has 0 fully saturated rings. The molecule has 2 aromatic carbocycles. The van der Waals surface area contributed by atoms with E-state index in [0.29, 0.717) is 10.8 Å². The van der Waals surface area contributed by atoms with Gasteiger partial charge in [-0.2, -0.15) is 0 Å². The first-order valence-electron chi connectivity index (χ1n) is 7.38. The number of para-hydroxylation sites is 1. The van der Waals surface area contributed by atoms with Gasteiger partial charge in [-0.3, -0.25) is 4.79 Å². The van der Waals surface area contributed by atoms with Crippen LogP contribution in [0.3, 0.4) is 0 Å². The van der Waals surface area contributed by atoms with Crippen molar-refractivity contribution in [2.24, 2.45) is 0 Å². The van der Waals surface area contributed by atoms with E-state index in [1.807, 2.05) is 0 Å². The smallest absolute Gasteiger partial charge is 0.265 e. The SMILES string of the molecule is CCS(=O)(=O)c1ccccc1NC(=O)C(C)Oc1ccc(Cl)cc1. The number of rotatable bonds is 6. The highest BCUT2D eigenvalue weighted by Gasteiger charge is 2.20. The quantitative estimate of drug-likeness (QED) is 0.847. The lowest BCUT2D eigenvalue weighted by atomic mass is 10.3. The van der Waals surface area contributed by atoms with E-state index in [9.17, 15) is 13.2 Å². The zero-order chi connectivity index (χ0) is 17.7. The van der Waals surface area contributed by atoms with E-state index in [1.54, 1.807) is 56.3 Å². The summed E-state index contributed by atoms with van der Waals surface area (Å²) in [5.41, 5.74) is 0.246. The van der Waals surface area contributed by atoms with Gasteiger partial charge in [-0.1, -0.05) is 30.7 Å². The first-order chi connectivity index (χ1) is 11.3. The van der Waals surface area contributed by atoms with Gasteiger partial charge in [-0.05, 0) is 43.3 Å². The van der Waals surface area contributed by atoms with Gasteiger partial charge in [-0.15, -0.1) is 0 Å². The molecule has 0 radical (unpaired) electrons.